The van der Waals surface area contributed by atoms with E-state index in [2.05, 4.69) is 27.2 Å². The fourth-order valence-electron chi connectivity index (χ4n) is 5.17. The highest BCUT2D eigenvalue weighted by molar-refractivity contribution is 5.90. The van der Waals surface area contributed by atoms with E-state index in [-0.39, 0.29) is 11.8 Å². The second-order valence-corrected chi connectivity index (χ2v) is 8.92. The molecular weight excluding hydrogens is 392 g/mol. The number of nitrogens with zero attached hydrogens (tertiary/aromatic N) is 4. The van der Waals surface area contributed by atoms with Gasteiger partial charge in [0.15, 0.2) is 11.4 Å². The summed E-state index contributed by atoms with van der Waals surface area (Å²) in [6, 6.07) is 14.3. The molecular formula is C24H30N4O3. The molecule has 7 nitrogen and oxygen atoms in total. The first-order chi connectivity index (χ1) is 15.2. The van der Waals surface area contributed by atoms with Crippen LogP contribution < -0.4 is 4.90 Å². The Morgan fingerprint density at radius 3 is 2.61 bits per heavy atom. The van der Waals surface area contributed by atoms with Crippen LogP contribution in [0.25, 0.3) is 0 Å². The number of amides is 1. The Hall–Kier alpha value is -2.51. The number of benzene rings is 1. The average Bonchev–Trinajstić information content (AvgIpc) is 3.07. The van der Waals surface area contributed by atoms with E-state index in [1.165, 1.54) is 0 Å². The first-order valence-corrected chi connectivity index (χ1v) is 11.3. The molecule has 7 heteroatoms. The Kier molecular flexibility index (Phi) is 5.63. The van der Waals surface area contributed by atoms with Crippen molar-refractivity contribution in [2.75, 3.05) is 50.9 Å². The van der Waals surface area contributed by atoms with Gasteiger partial charge in [0.05, 0.1) is 18.8 Å². The maximum absolute atomic E-state index is 13.9. The molecule has 0 bridgehead atoms. The minimum absolute atomic E-state index is 0.0118. The summed E-state index contributed by atoms with van der Waals surface area (Å²) >= 11 is 0. The number of hydrogen-bond acceptors (Lipinski definition) is 6. The van der Waals surface area contributed by atoms with Crippen LogP contribution in [-0.2, 0) is 14.3 Å². The van der Waals surface area contributed by atoms with Crippen LogP contribution in [0.15, 0.2) is 42.5 Å². The van der Waals surface area contributed by atoms with Gasteiger partial charge in [0.1, 0.15) is 0 Å². The Balaban J connectivity index is 1.45. The molecule has 2 atom stereocenters. The largest absolute Gasteiger partial charge is 0.381 e. The zero-order valence-corrected chi connectivity index (χ0v) is 18.1. The zero-order chi connectivity index (χ0) is 21.3. The number of anilines is 1. The van der Waals surface area contributed by atoms with E-state index in [1.54, 1.807) is 0 Å². The summed E-state index contributed by atoms with van der Waals surface area (Å²) in [4.78, 5) is 18.1. The van der Waals surface area contributed by atoms with Gasteiger partial charge in [-0.3, -0.25) is 4.79 Å². The first kappa shape index (κ1) is 20.4. The summed E-state index contributed by atoms with van der Waals surface area (Å²) in [5.41, 5.74) is 1.15. The van der Waals surface area contributed by atoms with Crippen LogP contribution in [0.2, 0.25) is 0 Å². The van der Waals surface area contributed by atoms with Gasteiger partial charge in [-0.15, -0.1) is 5.10 Å². The molecule has 164 valence electrons. The molecule has 3 saturated heterocycles. The summed E-state index contributed by atoms with van der Waals surface area (Å²) in [5.74, 6) is 1.39. The average molecular weight is 423 g/mol. The molecule has 2 aromatic rings. The van der Waals surface area contributed by atoms with Gasteiger partial charge in [0.25, 0.3) is 5.91 Å². The Labute approximate surface area is 183 Å². The molecule has 0 aliphatic carbocycles. The third-order valence-corrected chi connectivity index (χ3v) is 6.89. The fraction of sp³-hybridized carbons (Fsp3) is 0.542. The molecule has 0 unspecified atom stereocenters. The van der Waals surface area contributed by atoms with Gasteiger partial charge in [-0.05, 0) is 43.4 Å². The lowest BCUT2D eigenvalue weighted by atomic mass is 9.83. The molecule has 0 saturated carbocycles. The van der Waals surface area contributed by atoms with Crippen molar-refractivity contribution in [2.24, 2.45) is 5.92 Å². The second kappa shape index (κ2) is 8.55. The molecule has 3 aliphatic rings. The number of carbonyl (C=O) groups is 1. The highest BCUT2D eigenvalue weighted by Gasteiger charge is 2.58. The number of aryl methyl sites for hydroxylation is 1. The van der Waals surface area contributed by atoms with Gasteiger partial charge in [-0.2, -0.15) is 5.10 Å². The topological polar surface area (TPSA) is 67.8 Å². The zero-order valence-electron chi connectivity index (χ0n) is 18.1. The number of morpholine rings is 1. The highest BCUT2D eigenvalue weighted by Crippen LogP contribution is 2.43. The smallest absolute Gasteiger partial charge is 0.257 e. The molecule has 31 heavy (non-hydrogen) atoms. The predicted octanol–water partition coefficient (Wildman–Crippen LogP) is 2.41. The lowest BCUT2D eigenvalue weighted by Crippen LogP contribution is -2.59. The number of carbonyl (C=O) groups excluding carboxylic acids is 1. The van der Waals surface area contributed by atoms with Crippen molar-refractivity contribution in [3.63, 3.8) is 0 Å². The number of hydrogen-bond donors (Lipinski definition) is 0. The standard InChI is InChI=1S/C24H30N4O3/c1-18-7-8-22(26-25-18)27-11-14-31-24(17-27)21(20-5-3-2-4-6-20)16-28(23(24)29)15-19-9-12-30-13-10-19/h2-8,19,21H,9-17H2,1H3/t21-,24+/m0/s1. The van der Waals surface area contributed by atoms with Gasteiger partial charge < -0.3 is 19.3 Å². The summed E-state index contributed by atoms with van der Waals surface area (Å²) in [6.07, 6.45) is 2.03. The molecule has 1 aromatic carbocycles. The maximum atomic E-state index is 13.9. The van der Waals surface area contributed by atoms with Crippen LogP contribution in [0.1, 0.15) is 30.0 Å². The van der Waals surface area contributed by atoms with Gasteiger partial charge in [-0.1, -0.05) is 30.3 Å². The number of rotatable bonds is 4. The van der Waals surface area contributed by atoms with Gasteiger partial charge in [0.2, 0.25) is 0 Å². The Morgan fingerprint density at radius 1 is 1.06 bits per heavy atom. The van der Waals surface area contributed by atoms with Crippen LogP contribution in [0.5, 0.6) is 0 Å². The van der Waals surface area contributed by atoms with E-state index in [0.717, 1.165) is 49.7 Å². The van der Waals surface area contributed by atoms with Crippen molar-refractivity contribution >= 4 is 11.7 Å². The summed E-state index contributed by atoms with van der Waals surface area (Å²) in [5, 5.41) is 8.59. The lowest BCUT2D eigenvalue weighted by Gasteiger charge is -2.42. The molecule has 0 radical (unpaired) electrons. The molecule has 0 N–H and O–H groups in total. The SMILES string of the molecule is Cc1ccc(N2CCO[C@@]3(C2)C(=O)N(CC2CCOCC2)C[C@H]3c2ccccc2)nn1. The molecule has 3 aliphatic heterocycles. The Bertz CT molecular complexity index is 901. The highest BCUT2D eigenvalue weighted by atomic mass is 16.5. The number of ether oxygens (including phenoxy) is 2. The quantitative estimate of drug-likeness (QED) is 0.754. The molecule has 5 rings (SSSR count). The Morgan fingerprint density at radius 2 is 1.87 bits per heavy atom. The van der Waals surface area contributed by atoms with Crippen LogP contribution >= 0.6 is 0 Å². The fourth-order valence-corrected chi connectivity index (χ4v) is 5.17. The monoisotopic (exact) mass is 422 g/mol. The molecule has 1 amide bonds. The molecule has 1 spiro atoms. The minimum Gasteiger partial charge on any atom is -0.381 e. The third kappa shape index (κ3) is 3.92. The number of aromatic nitrogens is 2. The predicted molar refractivity (Wildman–Crippen MR) is 117 cm³/mol. The third-order valence-electron chi connectivity index (χ3n) is 6.89. The van der Waals surface area contributed by atoms with Crippen LogP contribution in [0.3, 0.4) is 0 Å². The van der Waals surface area contributed by atoms with Crippen molar-refractivity contribution in [3.05, 3.63) is 53.7 Å². The van der Waals surface area contributed by atoms with Gasteiger partial charge in [-0.25, -0.2) is 0 Å². The summed E-state index contributed by atoms with van der Waals surface area (Å²) in [6.45, 7) is 6.66. The normalized spacial score (nSPS) is 27.3. The lowest BCUT2D eigenvalue weighted by molar-refractivity contribution is -0.152. The van der Waals surface area contributed by atoms with Crippen molar-refractivity contribution in [1.82, 2.24) is 15.1 Å². The van der Waals surface area contributed by atoms with E-state index < -0.39 is 5.60 Å². The van der Waals surface area contributed by atoms with Crippen molar-refractivity contribution < 1.29 is 14.3 Å². The van der Waals surface area contributed by atoms with E-state index in [9.17, 15) is 4.79 Å². The van der Waals surface area contributed by atoms with Gasteiger partial charge in [0, 0.05) is 38.8 Å². The summed E-state index contributed by atoms with van der Waals surface area (Å²) in [7, 11) is 0. The number of likely N-dealkylation sites (tertiary alicyclic amines) is 1. The van der Waals surface area contributed by atoms with Crippen LogP contribution in [-0.4, -0.2) is 72.6 Å². The maximum Gasteiger partial charge on any atom is 0.257 e. The summed E-state index contributed by atoms with van der Waals surface area (Å²) < 4.78 is 11.9. The van der Waals surface area contributed by atoms with E-state index in [0.29, 0.717) is 32.2 Å². The minimum atomic E-state index is -0.892. The van der Waals surface area contributed by atoms with Gasteiger partial charge >= 0.3 is 0 Å². The van der Waals surface area contributed by atoms with E-state index in [1.807, 2.05) is 42.2 Å². The second-order valence-electron chi connectivity index (χ2n) is 8.92. The van der Waals surface area contributed by atoms with E-state index in [4.69, 9.17) is 9.47 Å². The molecule has 4 heterocycles. The van der Waals surface area contributed by atoms with Crippen molar-refractivity contribution in [3.8, 4) is 0 Å². The van der Waals surface area contributed by atoms with E-state index >= 15 is 0 Å². The van der Waals surface area contributed by atoms with Crippen molar-refractivity contribution in [1.29, 1.82) is 0 Å². The van der Waals surface area contributed by atoms with Crippen molar-refractivity contribution in [2.45, 2.75) is 31.3 Å². The first-order valence-electron chi connectivity index (χ1n) is 11.3. The van der Waals surface area contributed by atoms with Crippen LogP contribution in [0, 0.1) is 12.8 Å². The van der Waals surface area contributed by atoms with Crippen LogP contribution in [0.4, 0.5) is 5.82 Å². The molecule has 1 aromatic heterocycles. The molecule has 3 fully saturated rings.